The molecule has 7 heteroatoms. The highest BCUT2D eigenvalue weighted by Gasteiger charge is 2.31. The SMILES string of the molecule is CC(C)N1CCC(N2CCCN(c3cc(NC(=O)c4ccccn4)ccn3)CC2C)CC1. The Balaban J connectivity index is 1.38. The molecule has 1 atom stereocenters. The minimum Gasteiger partial charge on any atom is -0.355 e. The van der Waals surface area contributed by atoms with Crippen molar-refractivity contribution in [3.8, 4) is 0 Å². The number of hydrogen-bond donors (Lipinski definition) is 1. The van der Waals surface area contributed by atoms with Gasteiger partial charge in [-0.05, 0) is 71.3 Å². The second-order valence-corrected chi connectivity index (χ2v) is 9.32. The maximum absolute atomic E-state index is 12.5. The lowest BCUT2D eigenvalue weighted by Crippen LogP contribution is -2.51. The Morgan fingerprint density at radius 2 is 1.88 bits per heavy atom. The Labute approximate surface area is 191 Å². The largest absolute Gasteiger partial charge is 0.355 e. The topological polar surface area (TPSA) is 64.6 Å². The Kier molecular flexibility index (Phi) is 7.37. The van der Waals surface area contributed by atoms with Crippen molar-refractivity contribution in [2.75, 3.05) is 42.9 Å². The molecule has 2 aliphatic rings. The number of carbonyl (C=O) groups excluding carboxylic acids is 1. The first kappa shape index (κ1) is 22.7. The average molecular weight is 437 g/mol. The van der Waals surface area contributed by atoms with E-state index in [9.17, 15) is 4.79 Å². The van der Waals surface area contributed by atoms with Crippen LogP contribution in [0.4, 0.5) is 11.5 Å². The van der Waals surface area contributed by atoms with Gasteiger partial charge in [0.2, 0.25) is 0 Å². The van der Waals surface area contributed by atoms with Gasteiger partial charge in [-0.2, -0.15) is 0 Å². The van der Waals surface area contributed by atoms with Gasteiger partial charge in [0.1, 0.15) is 11.5 Å². The third kappa shape index (κ3) is 5.45. The summed E-state index contributed by atoms with van der Waals surface area (Å²) in [6, 6.07) is 10.9. The third-order valence-corrected chi connectivity index (χ3v) is 6.82. The van der Waals surface area contributed by atoms with E-state index in [1.807, 2.05) is 18.2 Å². The highest BCUT2D eigenvalue weighted by molar-refractivity contribution is 6.02. The summed E-state index contributed by atoms with van der Waals surface area (Å²) in [4.78, 5) is 28.9. The van der Waals surface area contributed by atoms with Crippen LogP contribution in [0.2, 0.25) is 0 Å². The van der Waals surface area contributed by atoms with E-state index in [4.69, 9.17) is 0 Å². The smallest absolute Gasteiger partial charge is 0.274 e. The molecule has 32 heavy (non-hydrogen) atoms. The van der Waals surface area contributed by atoms with E-state index in [-0.39, 0.29) is 5.91 Å². The lowest BCUT2D eigenvalue weighted by Gasteiger charge is -2.42. The van der Waals surface area contributed by atoms with Crippen LogP contribution in [0, 0.1) is 0 Å². The zero-order valence-corrected chi connectivity index (χ0v) is 19.6. The molecule has 0 aliphatic carbocycles. The minimum absolute atomic E-state index is 0.203. The first-order valence-electron chi connectivity index (χ1n) is 11.9. The second kappa shape index (κ2) is 10.4. The molecule has 2 aliphatic heterocycles. The summed E-state index contributed by atoms with van der Waals surface area (Å²) in [6.07, 6.45) is 7.05. The van der Waals surface area contributed by atoms with Crippen LogP contribution in [0.15, 0.2) is 42.7 Å². The van der Waals surface area contributed by atoms with Crippen LogP contribution in [-0.4, -0.2) is 76.5 Å². The standard InChI is InChI=1S/C25H36N6O/c1-19(2)29-15-9-22(10-16-29)31-14-6-13-30(18-20(31)3)24-17-21(8-12-27-24)28-25(32)23-7-4-5-11-26-23/h4-5,7-8,11-12,17,19-20,22H,6,9-10,13-16,18H2,1-3H3,(H,27,28,32). The minimum atomic E-state index is -0.203. The van der Waals surface area contributed by atoms with Gasteiger partial charge in [-0.15, -0.1) is 0 Å². The summed E-state index contributed by atoms with van der Waals surface area (Å²) in [7, 11) is 0. The average Bonchev–Trinajstić information content (AvgIpc) is 3.01. The molecule has 2 saturated heterocycles. The van der Waals surface area contributed by atoms with Gasteiger partial charge >= 0.3 is 0 Å². The molecule has 2 aromatic heterocycles. The van der Waals surface area contributed by atoms with E-state index in [0.717, 1.165) is 37.6 Å². The van der Waals surface area contributed by atoms with Crippen molar-refractivity contribution in [1.82, 2.24) is 19.8 Å². The fourth-order valence-electron chi connectivity index (χ4n) is 5.03. The normalized spacial score (nSPS) is 21.5. The van der Waals surface area contributed by atoms with E-state index in [2.05, 4.69) is 50.8 Å². The Bertz CT molecular complexity index is 881. The number of aromatic nitrogens is 2. The lowest BCUT2D eigenvalue weighted by molar-refractivity contribution is 0.0737. The number of pyridine rings is 2. The number of carbonyl (C=O) groups is 1. The van der Waals surface area contributed by atoms with Gasteiger partial charge in [0.15, 0.2) is 0 Å². The molecule has 7 nitrogen and oxygen atoms in total. The summed E-state index contributed by atoms with van der Waals surface area (Å²) < 4.78 is 0. The number of hydrogen-bond acceptors (Lipinski definition) is 6. The second-order valence-electron chi connectivity index (χ2n) is 9.32. The molecule has 2 aromatic rings. The van der Waals surface area contributed by atoms with Gasteiger partial charge in [-0.3, -0.25) is 14.7 Å². The van der Waals surface area contributed by atoms with Crippen molar-refractivity contribution in [3.05, 3.63) is 48.4 Å². The highest BCUT2D eigenvalue weighted by Crippen LogP contribution is 2.25. The Morgan fingerprint density at radius 3 is 2.59 bits per heavy atom. The quantitative estimate of drug-likeness (QED) is 0.774. The van der Waals surface area contributed by atoms with E-state index in [0.29, 0.717) is 23.8 Å². The van der Waals surface area contributed by atoms with E-state index in [1.54, 1.807) is 24.5 Å². The van der Waals surface area contributed by atoms with Crippen LogP contribution >= 0.6 is 0 Å². The zero-order chi connectivity index (χ0) is 22.5. The summed E-state index contributed by atoms with van der Waals surface area (Å²) >= 11 is 0. The number of amides is 1. The number of likely N-dealkylation sites (tertiary alicyclic amines) is 1. The van der Waals surface area contributed by atoms with Crippen LogP contribution in [0.5, 0.6) is 0 Å². The molecule has 1 unspecified atom stereocenters. The number of rotatable bonds is 5. The monoisotopic (exact) mass is 436 g/mol. The first-order valence-corrected chi connectivity index (χ1v) is 11.9. The molecule has 0 bridgehead atoms. The van der Waals surface area contributed by atoms with Crippen LogP contribution in [0.3, 0.4) is 0 Å². The highest BCUT2D eigenvalue weighted by atomic mass is 16.1. The number of anilines is 2. The van der Waals surface area contributed by atoms with Crippen LogP contribution in [0.1, 0.15) is 50.5 Å². The molecule has 1 N–H and O–H groups in total. The molecular weight excluding hydrogens is 400 g/mol. The van der Waals surface area contributed by atoms with Crippen molar-refractivity contribution < 1.29 is 4.79 Å². The van der Waals surface area contributed by atoms with Crippen molar-refractivity contribution >= 4 is 17.4 Å². The van der Waals surface area contributed by atoms with Crippen molar-refractivity contribution in [2.45, 2.75) is 58.2 Å². The fraction of sp³-hybridized carbons (Fsp3) is 0.560. The molecular formula is C25H36N6O. The zero-order valence-electron chi connectivity index (χ0n) is 19.6. The molecule has 1 amide bonds. The number of nitrogens with one attached hydrogen (secondary N) is 1. The summed E-state index contributed by atoms with van der Waals surface area (Å²) in [5.74, 6) is 0.720. The van der Waals surface area contributed by atoms with Crippen LogP contribution in [0.25, 0.3) is 0 Å². The predicted octanol–water partition coefficient (Wildman–Crippen LogP) is 3.50. The molecule has 0 radical (unpaired) electrons. The first-order chi connectivity index (χ1) is 15.5. The lowest BCUT2D eigenvalue weighted by atomic mass is 10.00. The van der Waals surface area contributed by atoms with Crippen LogP contribution in [-0.2, 0) is 0 Å². The van der Waals surface area contributed by atoms with E-state index >= 15 is 0 Å². The van der Waals surface area contributed by atoms with E-state index < -0.39 is 0 Å². The number of piperidine rings is 1. The molecule has 0 saturated carbocycles. The summed E-state index contributed by atoms with van der Waals surface area (Å²) in [5, 5.41) is 2.96. The number of nitrogens with zero attached hydrogens (tertiary/aromatic N) is 5. The van der Waals surface area contributed by atoms with Crippen molar-refractivity contribution in [3.63, 3.8) is 0 Å². The molecule has 4 rings (SSSR count). The molecule has 0 aromatic carbocycles. The van der Waals surface area contributed by atoms with Gasteiger partial charge < -0.3 is 15.1 Å². The Hall–Kier alpha value is -2.51. The van der Waals surface area contributed by atoms with Gasteiger partial charge in [0.25, 0.3) is 5.91 Å². The van der Waals surface area contributed by atoms with Crippen LogP contribution < -0.4 is 10.2 Å². The van der Waals surface area contributed by atoms with Gasteiger partial charge in [0, 0.05) is 61.9 Å². The fourth-order valence-corrected chi connectivity index (χ4v) is 5.03. The molecule has 172 valence electrons. The predicted molar refractivity (Wildman–Crippen MR) is 129 cm³/mol. The third-order valence-electron chi connectivity index (χ3n) is 6.82. The van der Waals surface area contributed by atoms with E-state index in [1.165, 1.54) is 25.9 Å². The Morgan fingerprint density at radius 1 is 1.06 bits per heavy atom. The van der Waals surface area contributed by atoms with Gasteiger partial charge in [0.05, 0.1) is 0 Å². The summed E-state index contributed by atoms with van der Waals surface area (Å²) in [5.41, 5.74) is 1.16. The summed E-state index contributed by atoms with van der Waals surface area (Å²) in [6.45, 7) is 12.4. The molecule has 4 heterocycles. The van der Waals surface area contributed by atoms with Crippen molar-refractivity contribution in [2.24, 2.45) is 0 Å². The maximum atomic E-state index is 12.5. The maximum Gasteiger partial charge on any atom is 0.274 e. The molecule has 0 spiro atoms. The van der Waals surface area contributed by atoms with Gasteiger partial charge in [-0.25, -0.2) is 4.98 Å². The van der Waals surface area contributed by atoms with Gasteiger partial charge in [-0.1, -0.05) is 6.07 Å². The molecule has 2 fully saturated rings. The van der Waals surface area contributed by atoms with Crippen molar-refractivity contribution in [1.29, 1.82) is 0 Å².